The maximum Gasteiger partial charge on any atom is 0.228 e. The topological polar surface area (TPSA) is 29.1 Å². The van der Waals surface area contributed by atoms with E-state index in [2.05, 4.69) is 24.4 Å². The average Bonchev–Trinajstić information content (AvgIpc) is 2.44. The van der Waals surface area contributed by atoms with E-state index in [0.29, 0.717) is 6.42 Å². The number of benzene rings is 2. The number of hydrogen-bond acceptors (Lipinski definition) is 1. The molecule has 2 heteroatoms. The van der Waals surface area contributed by atoms with Crippen LogP contribution < -0.4 is 5.32 Å². The predicted molar refractivity (Wildman–Crippen MR) is 84.1 cm³/mol. The number of para-hydroxylation sites is 1. The average molecular weight is 267 g/mol. The van der Waals surface area contributed by atoms with E-state index in [9.17, 15) is 4.79 Å². The van der Waals surface area contributed by atoms with Crippen LogP contribution in [0.3, 0.4) is 0 Å². The molecule has 2 nitrogen and oxygen atoms in total. The SMILES string of the molecule is CCc1ccc(CC(=O)Nc2c(C)cccc2C)cc1. The van der Waals surface area contributed by atoms with Gasteiger partial charge in [0.15, 0.2) is 0 Å². The highest BCUT2D eigenvalue weighted by atomic mass is 16.1. The molecule has 0 saturated heterocycles. The van der Waals surface area contributed by atoms with Crippen LogP contribution in [0, 0.1) is 13.8 Å². The molecule has 0 heterocycles. The van der Waals surface area contributed by atoms with Crippen molar-refractivity contribution in [3.05, 3.63) is 64.7 Å². The molecular weight excluding hydrogens is 246 g/mol. The van der Waals surface area contributed by atoms with Crippen LogP contribution in [0.1, 0.15) is 29.2 Å². The Bertz CT molecular complexity index is 579. The van der Waals surface area contributed by atoms with Gasteiger partial charge in [-0.15, -0.1) is 0 Å². The van der Waals surface area contributed by atoms with Gasteiger partial charge in [0.05, 0.1) is 6.42 Å². The molecule has 0 saturated carbocycles. The van der Waals surface area contributed by atoms with E-state index in [-0.39, 0.29) is 5.91 Å². The van der Waals surface area contributed by atoms with Crippen LogP contribution >= 0.6 is 0 Å². The van der Waals surface area contributed by atoms with Crippen molar-refractivity contribution in [3.63, 3.8) is 0 Å². The molecule has 2 rings (SSSR count). The normalized spacial score (nSPS) is 10.3. The van der Waals surface area contributed by atoms with Crippen molar-refractivity contribution in [2.45, 2.75) is 33.6 Å². The number of hydrogen-bond donors (Lipinski definition) is 1. The van der Waals surface area contributed by atoms with Crippen molar-refractivity contribution >= 4 is 11.6 Å². The summed E-state index contributed by atoms with van der Waals surface area (Å²) in [5.74, 6) is 0.0339. The summed E-state index contributed by atoms with van der Waals surface area (Å²) in [5, 5.41) is 3.02. The zero-order chi connectivity index (χ0) is 14.5. The van der Waals surface area contributed by atoms with Crippen LogP contribution in [-0.2, 0) is 17.6 Å². The Hall–Kier alpha value is -2.09. The molecule has 0 aliphatic rings. The molecule has 0 aromatic heterocycles. The third-order valence-electron chi connectivity index (χ3n) is 3.54. The van der Waals surface area contributed by atoms with Gasteiger partial charge in [-0.1, -0.05) is 49.4 Å². The number of amides is 1. The Morgan fingerprint density at radius 3 is 2.05 bits per heavy atom. The first-order valence-corrected chi connectivity index (χ1v) is 7.04. The van der Waals surface area contributed by atoms with Gasteiger partial charge in [-0.05, 0) is 42.5 Å². The molecule has 0 aliphatic carbocycles. The van der Waals surface area contributed by atoms with Crippen LogP contribution in [-0.4, -0.2) is 5.91 Å². The highest BCUT2D eigenvalue weighted by Crippen LogP contribution is 2.19. The molecule has 0 aliphatic heterocycles. The largest absolute Gasteiger partial charge is 0.325 e. The van der Waals surface area contributed by atoms with Gasteiger partial charge in [0, 0.05) is 5.69 Å². The molecule has 104 valence electrons. The van der Waals surface area contributed by atoms with Crippen molar-refractivity contribution in [3.8, 4) is 0 Å². The minimum Gasteiger partial charge on any atom is -0.325 e. The number of rotatable bonds is 4. The van der Waals surface area contributed by atoms with Gasteiger partial charge >= 0.3 is 0 Å². The van der Waals surface area contributed by atoms with Gasteiger partial charge in [-0.3, -0.25) is 4.79 Å². The summed E-state index contributed by atoms with van der Waals surface area (Å²) in [4.78, 5) is 12.1. The first-order chi connectivity index (χ1) is 9.60. The Labute approximate surface area is 120 Å². The van der Waals surface area contributed by atoms with Crippen molar-refractivity contribution in [2.24, 2.45) is 0 Å². The number of nitrogens with one attached hydrogen (secondary N) is 1. The number of carbonyl (C=O) groups is 1. The summed E-state index contributed by atoms with van der Waals surface area (Å²) in [6.45, 7) is 6.15. The third-order valence-corrected chi connectivity index (χ3v) is 3.54. The van der Waals surface area contributed by atoms with E-state index in [1.165, 1.54) is 5.56 Å². The van der Waals surface area contributed by atoms with E-state index in [1.54, 1.807) is 0 Å². The molecule has 0 bridgehead atoms. The van der Waals surface area contributed by atoms with Crippen LogP contribution in [0.2, 0.25) is 0 Å². The number of anilines is 1. The summed E-state index contributed by atoms with van der Waals surface area (Å²) >= 11 is 0. The third kappa shape index (κ3) is 3.47. The molecule has 1 N–H and O–H groups in total. The molecule has 2 aromatic carbocycles. The van der Waals surface area contributed by atoms with E-state index in [1.807, 2.05) is 44.2 Å². The van der Waals surface area contributed by atoms with Crippen LogP contribution in [0.15, 0.2) is 42.5 Å². The van der Waals surface area contributed by atoms with Gasteiger partial charge < -0.3 is 5.32 Å². The minimum absolute atomic E-state index is 0.0339. The van der Waals surface area contributed by atoms with E-state index >= 15 is 0 Å². The second-order valence-electron chi connectivity index (χ2n) is 5.16. The number of carbonyl (C=O) groups excluding carboxylic acids is 1. The lowest BCUT2D eigenvalue weighted by molar-refractivity contribution is -0.115. The fourth-order valence-electron chi connectivity index (χ4n) is 2.27. The number of aryl methyl sites for hydroxylation is 3. The van der Waals surface area contributed by atoms with Crippen molar-refractivity contribution < 1.29 is 4.79 Å². The van der Waals surface area contributed by atoms with Gasteiger partial charge in [-0.2, -0.15) is 0 Å². The molecule has 0 fully saturated rings. The first-order valence-electron chi connectivity index (χ1n) is 7.04. The first kappa shape index (κ1) is 14.3. The molecule has 0 unspecified atom stereocenters. The smallest absolute Gasteiger partial charge is 0.228 e. The van der Waals surface area contributed by atoms with Crippen molar-refractivity contribution in [2.75, 3.05) is 5.32 Å². The fraction of sp³-hybridized carbons (Fsp3) is 0.278. The predicted octanol–water partition coefficient (Wildman–Crippen LogP) is 4.05. The Balaban J connectivity index is 2.05. The molecular formula is C18H21NO. The fourth-order valence-corrected chi connectivity index (χ4v) is 2.27. The lowest BCUT2D eigenvalue weighted by Gasteiger charge is -2.11. The molecule has 0 radical (unpaired) electrons. The van der Waals surface area contributed by atoms with Crippen LogP contribution in [0.4, 0.5) is 5.69 Å². The van der Waals surface area contributed by atoms with Crippen molar-refractivity contribution in [1.82, 2.24) is 0 Å². The monoisotopic (exact) mass is 267 g/mol. The summed E-state index contributed by atoms with van der Waals surface area (Å²) in [7, 11) is 0. The maximum absolute atomic E-state index is 12.1. The van der Waals surface area contributed by atoms with Gasteiger partial charge in [0.1, 0.15) is 0 Å². The quantitative estimate of drug-likeness (QED) is 0.889. The lowest BCUT2D eigenvalue weighted by atomic mass is 10.1. The summed E-state index contributed by atoms with van der Waals surface area (Å²) in [5.41, 5.74) is 5.47. The highest BCUT2D eigenvalue weighted by molar-refractivity contribution is 5.93. The Morgan fingerprint density at radius 1 is 0.950 bits per heavy atom. The minimum atomic E-state index is 0.0339. The highest BCUT2D eigenvalue weighted by Gasteiger charge is 2.08. The molecule has 1 amide bonds. The Morgan fingerprint density at radius 2 is 1.50 bits per heavy atom. The molecule has 20 heavy (non-hydrogen) atoms. The zero-order valence-electron chi connectivity index (χ0n) is 12.4. The second kappa shape index (κ2) is 6.38. The lowest BCUT2D eigenvalue weighted by Crippen LogP contribution is -2.16. The summed E-state index contributed by atoms with van der Waals surface area (Å²) < 4.78 is 0. The van der Waals surface area contributed by atoms with E-state index < -0.39 is 0 Å². The molecule has 0 atom stereocenters. The second-order valence-corrected chi connectivity index (χ2v) is 5.16. The van der Waals surface area contributed by atoms with Crippen molar-refractivity contribution in [1.29, 1.82) is 0 Å². The summed E-state index contributed by atoms with van der Waals surface area (Å²) in [6, 6.07) is 14.3. The molecule has 0 spiro atoms. The Kier molecular flexibility index (Phi) is 4.57. The maximum atomic E-state index is 12.1. The zero-order valence-corrected chi connectivity index (χ0v) is 12.4. The summed E-state index contributed by atoms with van der Waals surface area (Å²) in [6.07, 6.45) is 1.44. The van der Waals surface area contributed by atoms with Gasteiger partial charge in [0.2, 0.25) is 5.91 Å². The van der Waals surface area contributed by atoms with E-state index in [0.717, 1.165) is 28.8 Å². The van der Waals surface area contributed by atoms with Crippen LogP contribution in [0.25, 0.3) is 0 Å². The molecule has 2 aromatic rings. The van der Waals surface area contributed by atoms with Gasteiger partial charge in [0.25, 0.3) is 0 Å². The van der Waals surface area contributed by atoms with E-state index in [4.69, 9.17) is 0 Å². The van der Waals surface area contributed by atoms with Crippen LogP contribution in [0.5, 0.6) is 0 Å². The van der Waals surface area contributed by atoms with Gasteiger partial charge in [-0.25, -0.2) is 0 Å². The standard InChI is InChI=1S/C18H21NO/c1-4-15-8-10-16(11-9-15)12-17(20)19-18-13(2)6-5-7-14(18)3/h5-11H,4,12H2,1-3H3,(H,19,20).